The maximum absolute atomic E-state index is 12.4. The molecular weight excluding hydrogens is 310 g/mol. The number of hydrogen-bond acceptors (Lipinski definition) is 2. The summed E-state index contributed by atoms with van der Waals surface area (Å²) in [6.07, 6.45) is 7.89. The summed E-state index contributed by atoms with van der Waals surface area (Å²) in [6.45, 7) is 9.03. The van der Waals surface area contributed by atoms with E-state index < -0.39 is 0 Å². The standard InChI is InChI=1S/C22H35NO2/c1-13-12-17-15-6-7-18-21(3,11-9-19(25)23(18)5)16(15)8-10-22(17,4)20(13)14(2)24/h13,15-18,20H,6-12H2,1-5H3/t13?,15-,16-,17+,18?,20?,21-,22+/m1/s1. The number of carbonyl (C=O) groups is 2. The molecule has 1 amide bonds. The summed E-state index contributed by atoms with van der Waals surface area (Å²) in [5, 5.41) is 0. The van der Waals surface area contributed by atoms with Crippen molar-refractivity contribution in [3.8, 4) is 0 Å². The lowest BCUT2D eigenvalue weighted by molar-refractivity contribution is -0.159. The minimum absolute atomic E-state index is 0.214. The molecule has 3 heteroatoms. The van der Waals surface area contributed by atoms with Gasteiger partial charge in [0.05, 0.1) is 0 Å². The second kappa shape index (κ2) is 5.57. The van der Waals surface area contributed by atoms with Gasteiger partial charge in [-0.3, -0.25) is 9.59 Å². The van der Waals surface area contributed by atoms with E-state index in [1.54, 1.807) is 0 Å². The normalized spacial score (nSPS) is 52.4. The molecular formula is C22H35NO2. The molecule has 4 fully saturated rings. The van der Waals surface area contributed by atoms with Gasteiger partial charge < -0.3 is 4.90 Å². The van der Waals surface area contributed by atoms with Crippen molar-refractivity contribution < 1.29 is 9.59 Å². The van der Waals surface area contributed by atoms with E-state index >= 15 is 0 Å². The van der Waals surface area contributed by atoms with Crippen LogP contribution in [0.15, 0.2) is 0 Å². The van der Waals surface area contributed by atoms with Crippen LogP contribution in [0.5, 0.6) is 0 Å². The number of ketones is 1. The first-order valence-corrected chi connectivity index (χ1v) is 10.5. The molecule has 1 aliphatic heterocycles. The largest absolute Gasteiger partial charge is 0.342 e. The van der Waals surface area contributed by atoms with Crippen molar-refractivity contribution in [1.29, 1.82) is 0 Å². The Morgan fingerprint density at radius 2 is 1.80 bits per heavy atom. The molecule has 3 saturated carbocycles. The number of fused-ring (bicyclic) bond motifs is 5. The highest BCUT2D eigenvalue weighted by molar-refractivity contribution is 5.80. The first-order chi connectivity index (χ1) is 11.7. The van der Waals surface area contributed by atoms with Crippen LogP contribution in [0.4, 0.5) is 0 Å². The van der Waals surface area contributed by atoms with E-state index in [-0.39, 0.29) is 16.7 Å². The van der Waals surface area contributed by atoms with Crippen LogP contribution in [0.2, 0.25) is 0 Å². The van der Waals surface area contributed by atoms with Crippen molar-refractivity contribution in [1.82, 2.24) is 4.90 Å². The molecule has 0 aromatic carbocycles. The third kappa shape index (κ3) is 2.23. The van der Waals surface area contributed by atoms with Gasteiger partial charge in [-0.2, -0.15) is 0 Å². The Bertz CT molecular complexity index is 601. The molecule has 3 aliphatic carbocycles. The van der Waals surface area contributed by atoms with E-state index in [1.165, 1.54) is 25.7 Å². The monoisotopic (exact) mass is 345 g/mol. The topological polar surface area (TPSA) is 37.4 Å². The van der Waals surface area contributed by atoms with Crippen LogP contribution in [0.25, 0.3) is 0 Å². The number of amides is 1. The van der Waals surface area contributed by atoms with Crippen molar-refractivity contribution >= 4 is 11.7 Å². The fourth-order valence-corrected chi connectivity index (χ4v) is 8.38. The van der Waals surface area contributed by atoms with Crippen molar-refractivity contribution in [3.05, 3.63) is 0 Å². The van der Waals surface area contributed by atoms with Gasteiger partial charge in [-0.25, -0.2) is 0 Å². The second-order valence-corrected chi connectivity index (χ2v) is 10.3. The summed E-state index contributed by atoms with van der Waals surface area (Å²) in [5.74, 6) is 3.75. The highest BCUT2D eigenvalue weighted by Crippen LogP contribution is 2.67. The number of carbonyl (C=O) groups excluding carboxylic acids is 2. The zero-order valence-corrected chi connectivity index (χ0v) is 16.7. The Morgan fingerprint density at radius 3 is 2.48 bits per heavy atom. The van der Waals surface area contributed by atoms with Crippen molar-refractivity contribution in [3.63, 3.8) is 0 Å². The zero-order chi connectivity index (χ0) is 18.1. The van der Waals surface area contributed by atoms with Gasteiger partial charge in [0.15, 0.2) is 0 Å². The highest BCUT2D eigenvalue weighted by Gasteiger charge is 2.63. The molecule has 8 atom stereocenters. The summed E-state index contributed by atoms with van der Waals surface area (Å²) >= 11 is 0. The van der Waals surface area contributed by atoms with Gasteiger partial charge in [0.1, 0.15) is 5.78 Å². The fraction of sp³-hybridized carbons (Fsp3) is 0.909. The first kappa shape index (κ1) is 17.5. The smallest absolute Gasteiger partial charge is 0.222 e. The Hall–Kier alpha value is -0.860. The summed E-state index contributed by atoms with van der Waals surface area (Å²) < 4.78 is 0. The summed E-state index contributed by atoms with van der Waals surface area (Å²) in [6, 6.07) is 0.432. The Labute approximate surface area is 152 Å². The molecule has 0 aromatic heterocycles. The molecule has 0 spiro atoms. The van der Waals surface area contributed by atoms with Gasteiger partial charge in [0, 0.05) is 25.4 Å². The van der Waals surface area contributed by atoms with E-state index in [9.17, 15) is 9.59 Å². The Kier molecular flexibility index (Phi) is 3.91. The summed E-state index contributed by atoms with van der Waals surface area (Å²) in [5.41, 5.74) is 0.496. The molecule has 3 nitrogen and oxygen atoms in total. The van der Waals surface area contributed by atoms with Crippen molar-refractivity contribution in [2.45, 2.75) is 78.7 Å². The molecule has 1 saturated heterocycles. The average molecular weight is 346 g/mol. The predicted octanol–water partition coefficient (Wildman–Crippen LogP) is 4.30. The molecule has 0 N–H and O–H groups in total. The number of rotatable bonds is 1. The minimum atomic E-state index is 0.214. The van der Waals surface area contributed by atoms with Crippen LogP contribution in [-0.4, -0.2) is 29.7 Å². The van der Waals surface area contributed by atoms with Crippen LogP contribution >= 0.6 is 0 Å². The Morgan fingerprint density at radius 1 is 1.08 bits per heavy atom. The number of likely N-dealkylation sites (tertiary alicyclic amines) is 1. The maximum atomic E-state index is 12.4. The molecule has 140 valence electrons. The van der Waals surface area contributed by atoms with Crippen LogP contribution in [0.3, 0.4) is 0 Å². The molecule has 25 heavy (non-hydrogen) atoms. The van der Waals surface area contributed by atoms with Crippen LogP contribution in [-0.2, 0) is 9.59 Å². The van der Waals surface area contributed by atoms with Gasteiger partial charge >= 0.3 is 0 Å². The van der Waals surface area contributed by atoms with Gasteiger partial charge in [-0.1, -0.05) is 20.8 Å². The highest BCUT2D eigenvalue weighted by atomic mass is 16.2. The molecule has 0 bridgehead atoms. The summed E-state index contributed by atoms with van der Waals surface area (Å²) in [4.78, 5) is 26.7. The second-order valence-electron chi connectivity index (χ2n) is 10.3. The third-order valence-corrected chi connectivity index (χ3v) is 9.34. The van der Waals surface area contributed by atoms with Gasteiger partial charge in [-0.05, 0) is 80.0 Å². The van der Waals surface area contributed by atoms with E-state index in [1.807, 2.05) is 14.0 Å². The lowest BCUT2D eigenvalue weighted by Crippen LogP contribution is -2.61. The number of piperidine rings is 1. The maximum Gasteiger partial charge on any atom is 0.222 e. The average Bonchev–Trinajstić information content (AvgIpc) is 2.81. The van der Waals surface area contributed by atoms with Gasteiger partial charge in [-0.15, -0.1) is 0 Å². The predicted molar refractivity (Wildman–Crippen MR) is 98.9 cm³/mol. The van der Waals surface area contributed by atoms with Crippen molar-refractivity contribution in [2.24, 2.45) is 40.4 Å². The number of hydrogen-bond donors (Lipinski definition) is 0. The van der Waals surface area contributed by atoms with E-state index in [2.05, 4.69) is 25.7 Å². The molecule has 0 radical (unpaired) electrons. The number of nitrogens with zero attached hydrogens (tertiary/aromatic N) is 1. The van der Waals surface area contributed by atoms with E-state index in [0.717, 1.165) is 31.1 Å². The molecule has 0 aromatic rings. The molecule has 1 heterocycles. The molecule has 4 aliphatic rings. The van der Waals surface area contributed by atoms with Gasteiger partial charge in [0.25, 0.3) is 0 Å². The van der Waals surface area contributed by atoms with Crippen LogP contribution < -0.4 is 0 Å². The minimum Gasteiger partial charge on any atom is -0.342 e. The zero-order valence-electron chi connectivity index (χ0n) is 16.7. The molecule has 3 unspecified atom stereocenters. The Balaban J connectivity index is 1.66. The first-order valence-electron chi connectivity index (χ1n) is 10.5. The van der Waals surface area contributed by atoms with Crippen LogP contribution in [0.1, 0.15) is 72.6 Å². The van der Waals surface area contributed by atoms with E-state index in [4.69, 9.17) is 0 Å². The lowest BCUT2D eigenvalue weighted by atomic mass is 9.46. The SMILES string of the molecule is CC(=O)C1C(C)C[C@H]2[C@@H]3CCC4N(C)C(=O)CC[C@]4(C)[C@@H]3CC[C@]12C. The summed E-state index contributed by atoms with van der Waals surface area (Å²) in [7, 11) is 2.03. The fourth-order valence-electron chi connectivity index (χ4n) is 8.38. The third-order valence-electron chi connectivity index (χ3n) is 9.34. The van der Waals surface area contributed by atoms with E-state index in [0.29, 0.717) is 29.6 Å². The molecule has 4 rings (SSSR count). The van der Waals surface area contributed by atoms with Crippen LogP contribution in [0, 0.1) is 40.4 Å². The van der Waals surface area contributed by atoms with Gasteiger partial charge in [0.2, 0.25) is 5.91 Å². The lowest BCUT2D eigenvalue weighted by Gasteiger charge is -2.61. The number of Topliss-reactive ketones (excluding diaryl/α,β-unsaturated/α-hetero) is 1. The quantitative estimate of drug-likeness (QED) is 0.710. The van der Waals surface area contributed by atoms with Crippen molar-refractivity contribution in [2.75, 3.05) is 7.05 Å².